The summed E-state index contributed by atoms with van der Waals surface area (Å²) in [6, 6.07) is 18.0. The molecular formula is C24H24N4O. The average molecular weight is 384 g/mol. The van der Waals surface area contributed by atoms with E-state index in [2.05, 4.69) is 27.1 Å². The molecule has 0 fully saturated rings. The third-order valence-electron chi connectivity index (χ3n) is 5.11. The standard InChI is InChI=1S/C24H24N4O/c1-17(2)28(16-18-10-13-25-14-11-18)22(29)15-21-20-9-6-12-26-24(20)27-23(21)19-7-4-3-5-8-19/h3-14,17H,15-16H2,1-2H3,(H,26,27). The fourth-order valence-corrected chi connectivity index (χ4v) is 3.61. The number of pyridine rings is 2. The number of nitrogens with one attached hydrogen (secondary N) is 1. The van der Waals surface area contributed by atoms with Gasteiger partial charge in [0.1, 0.15) is 5.65 Å². The zero-order valence-corrected chi connectivity index (χ0v) is 16.7. The maximum absolute atomic E-state index is 13.4. The van der Waals surface area contributed by atoms with Crippen LogP contribution in [0.5, 0.6) is 0 Å². The van der Waals surface area contributed by atoms with Crippen molar-refractivity contribution in [1.29, 1.82) is 0 Å². The molecule has 0 radical (unpaired) electrons. The number of H-pyrrole nitrogens is 1. The van der Waals surface area contributed by atoms with Crippen molar-refractivity contribution in [2.75, 3.05) is 0 Å². The third kappa shape index (κ3) is 4.04. The Kier molecular flexibility index (Phi) is 5.38. The summed E-state index contributed by atoms with van der Waals surface area (Å²) in [7, 11) is 0. The van der Waals surface area contributed by atoms with Crippen molar-refractivity contribution in [1.82, 2.24) is 19.9 Å². The molecule has 0 saturated heterocycles. The first-order chi connectivity index (χ1) is 14.1. The Hall–Kier alpha value is -3.47. The Morgan fingerprint density at radius 3 is 2.48 bits per heavy atom. The van der Waals surface area contributed by atoms with Gasteiger partial charge >= 0.3 is 0 Å². The second-order valence-electron chi connectivity index (χ2n) is 7.39. The summed E-state index contributed by atoms with van der Waals surface area (Å²) in [5.74, 6) is 0.0961. The van der Waals surface area contributed by atoms with Gasteiger partial charge in [0, 0.05) is 36.6 Å². The number of hydrogen-bond acceptors (Lipinski definition) is 3. The van der Waals surface area contributed by atoms with Gasteiger partial charge in [-0.1, -0.05) is 30.3 Å². The number of rotatable bonds is 6. The van der Waals surface area contributed by atoms with Crippen molar-refractivity contribution >= 4 is 16.9 Å². The summed E-state index contributed by atoms with van der Waals surface area (Å²) < 4.78 is 0. The number of aromatic amines is 1. The molecule has 0 unspecified atom stereocenters. The van der Waals surface area contributed by atoms with Crippen LogP contribution in [0.1, 0.15) is 25.0 Å². The smallest absolute Gasteiger partial charge is 0.227 e. The van der Waals surface area contributed by atoms with Crippen LogP contribution in [-0.2, 0) is 17.8 Å². The van der Waals surface area contributed by atoms with Crippen LogP contribution in [0.3, 0.4) is 0 Å². The van der Waals surface area contributed by atoms with E-state index in [9.17, 15) is 4.79 Å². The molecule has 0 saturated carbocycles. The zero-order chi connectivity index (χ0) is 20.2. The Morgan fingerprint density at radius 2 is 1.76 bits per heavy atom. The number of carbonyl (C=O) groups is 1. The fraction of sp³-hybridized carbons (Fsp3) is 0.208. The van der Waals surface area contributed by atoms with Crippen LogP contribution in [0, 0.1) is 0 Å². The number of benzene rings is 1. The van der Waals surface area contributed by atoms with Gasteiger partial charge in [-0.15, -0.1) is 0 Å². The summed E-state index contributed by atoms with van der Waals surface area (Å²) in [4.78, 5) is 27.2. The predicted octanol–water partition coefficient (Wildman–Crippen LogP) is 4.60. The van der Waals surface area contributed by atoms with Crippen LogP contribution in [0.25, 0.3) is 22.3 Å². The Morgan fingerprint density at radius 1 is 1.00 bits per heavy atom. The quantitative estimate of drug-likeness (QED) is 0.528. The van der Waals surface area contributed by atoms with Crippen LogP contribution < -0.4 is 0 Å². The van der Waals surface area contributed by atoms with Gasteiger partial charge < -0.3 is 9.88 Å². The summed E-state index contributed by atoms with van der Waals surface area (Å²) in [5, 5.41) is 0.993. The van der Waals surface area contributed by atoms with Gasteiger partial charge in [0.2, 0.25) is 5.91 Å². The average Bonchev–Trinajstić information content (AvgIpc) is 3.11. The van der Waals surface area contributed by atoms with Crippen LogP contribution >= 0.6 is 0 Å². The van der Waals surface area contributed by atoms with Crippen molar-refractivity contribution in [2.24, 2.45) is 0 Å². The number of hydrogen-bond donors (Lipinski definition) is 1. The summed E-state index contributed by atoms with van der Waals surface area (Å²) in [5.41, 5.74) is 4.88. The third-order valence-corrected chi connectivity index (χ3v) is 5.11. The van der Waals surface area contributed by atoms with E-state index in [1.165, 1.54) is 0 Å². The van der Waals surface area contributed by atoms with Crippen molar-refractivity contribution in [3.63, 3.8) is 0 Å². The normalized spacial score (nSPS) is 11.1. The molecule has 0 aliphatic rings. The molecule has 1 N–H and O–H groups in total. The Labute approximate surface area is 170 Å². The molecule has 1 aromatic carbocycles. The maximum Gasteiger partial charge on any atom is 0.227 e. The second kappa shape index (κ2) is 8.27. The SMILES string of the molecule is CC(C)N(Cc1ccncc1)C(=O)Cc1c(-c2ccccc2)[nH]c2ncccc12. The molecule has 1 amide bonds. The van der Waals surface area contributed by atoms with Gasteiger partial charge in [0.25, 0.3) is 0 Å². The van der Waals surface area contributed by atoms with Gasteiger partial charge in [0.15, 0.2) is 0 Å². The van der Waals surface area contributed by atoms with Crippen molar-refractivity contribution < 1.29 is 4.79 Å². The number of fused-ring (bicyclic) bond motifs is 1. The molecule has 0 atom stereocenters. The second-order valence-corrected chi connectivity index (χ2v) is 7.39. The lowest BCUT2D eigenvalue weighted by Crippen LogP contribution is -2.37. The lowest BCUT2D eigenvalue weighted by molar-refractivity contribution is -0.132. The zero-order valence-electron chi connectivity index (χ0n) is 16.7. The highest BCUT2D eigenvalue weighted by atomic mass is 16.2. The lowest BCUT2D eigenvalue weighted by atomic mass is 10.0. The summed E-state index contributed by atoms with van der Waals surface area (Å²) >= 11 is 0. The van der Waals surface area contributed by atoms with E-state index in [0.29, 0.717) is 13.0 Å². The number of nitrogens with zero attached hydrogens (tertiary/aromatic N) is 3. The summed E-state index contributed by atoms with van der Waals surface area (Å²) in [6.45, 7) is 4.67. The van der Waals surface area contributed by atoms with Crippen LogP contribution in [0.4, 0.5) is 0 Å². The fourth-order valence-electron chi connectivity index (χ4n) is 3.61. The van der Waals surface area contributed by atoms with E-state index < -0.39 is 0 Å². The minimum absolute atomic E-state index is 0.0961. The predicted molar refractivity (Wildman–Crippen MR) is 115 cm³/mol. The Balaban J connectivity index is 1.69. The topological polar surface area (TPSA) is 61.9 Å². The first-order valence-corrected chi connectivity index (χ1v) is 9.83. The number of amides is 1. The highest BCUT2D eigenvalue weighted by Gasteiger charge is 2.22. The van der Waals surface area contributed by atoms with Crippen LogP contribution in [0.2, 0.25) is 0 Å². The van der Waals surface area contributed by atoms with E-state index in [1.807, 2.05) is 61.2 Å². The van der Waals surface area contributed by atoms with Crippen molar-refractivity contribution in [3.8, 4) is 11.3 Å². The molecule has 0 spiro atoms. The number of aromatic nitrogens is 3. The first kappa shape index (κ1) is 18.9. The monoisotopic (exact) mass is 384 g/mol. The molecule has 5 heteroatoms. The minimum Gasteiger partial charge on any atom is -0.339 e. The van der Waals surface area contributed by atoms with E-state index in [1.54, 1.807) is 18.6 Å². The number of carbonyl (C=O) groups excluding carboxylic acids is 1. The van der Waals surface area contributed by atoms with Crippen molar-refractivity contribution in [3.05, 3.63) is 84.3 Å². The molecular weight excluding hydrogens is 360 g/mol. The van der Waals surface area contributed by atoms with Gasteiger partial charge in [-0.2, -0.15) is 0 Å². The van der Waals surface area contributed by atoms with Gasteiger partial charge in [-0.25, -0.2) is 4.98 Å². The van der Waals surface area contributed by atoms with Gasteiger partial charge in [-0.3, -0.25) is 9.78 Å². The van der Waals surface area contributed by atoms with Gasteiger partial charge in [-0.05, 0) is 54.8 Å². The van der Waals surface area contributed by atoms with Crippen LogP contribution in [-0.4, -0.2) is 31.8 Å². The molecule has 3 aromatic heterocycles. The molecule has 0 aliphatic heterocycles. The van der Waals surface area contributed by atoms with E-state index in [4.69, 9.17) is 0 Å². The lowest BCUT2D eigenvalue weighted by Gasteiger charge is -2.27. The molecule has 4 aromatic rings. The largest absolute Gasteiger partial charge is 0.339 e. The van der Waals surface area contributed by atoms with Gasteiger partial charge in [0.05, 0.1) is 12.1 Å². The molecule has 0 aliphatic carbocycles. The molecule has 146 valence electrons. The van der Waals surface area contributed by atoms with E-state index in [-0.39, 0.29) is 11.9 Å². The maximum atomic E-state index is 13.4. The van der Waals surface area contributed by atoms with Crippen LogP contribution in [0.15, 0.2) is 73.2 Å². The minimum atomic E-state index is 0.0961. The summed E-state index contributed by atoms with van der Waals surface area (Å²) in [6.07, 6.45) is 5.61. The molecule has 3 heterocycles. The molecule has 0 bridgehead atoms. The molecule has 4 rings (SSSR count). The molecule has 5 nitrogen and oxygen atoms in total. The highest BCUT2D eigenvalue weighted by Crippen LogP contribution is 2.30. The van der Waals surface area contributed by atoms with E-state index >= 15 is 0 Å². The highest BCUT2D eigenvalue weighted by molar-refractivity contribution is 5.93. The molecule has 29 heavy (non-hydrogen) atoms. The first-order valence-electron chi connectivity index (χ1n) is 9.83. The van der Waals surface area contributed by atoms with E-state index in [0.717, 1.165) is 33.4 Å². The van der Waals surface area contributed by atoms with Crippen molar-refractivity contribution in [2.45, 2.75) is 32.9 Å². The Bertz CT molecular complexity index is 1100.